The predicted octanol–water partition coefficient (Wildman–Crippen LogP) is 2.26. The van der Waals surface area contributed by atoms with Crippen LogP contribution in [-0.2, 0) is 11.3 Å². The normalized spacial score (nSPS) is 15.1. The first kappa shape index (κ1) is 24.6. The monoisotopic (exact) mass is 448 g/mol. The lowest BCUT2D eigenvalue weighted by molar-refractivity contribution is 0.0162. The Kier molecular flexibility index (Phi) is 10.7. The molecule has 0 radical (unpaired) electrons. The molecule has 0 bridgehead atoms. The Bertz CT molecular complexity index is 724. The molecule has 1 fully saturated rings. The lowest BCUT2D eigenvalue weighted by atomic mass is 10.0. The lowest BCUT2D eigenvalue weighted by Crippen LogP contribution is -2.43. The zero-order valence-electron chi connectivity index (χ0n) is 15.6. The molecule has 7 nitrogen and oxygen atoms in total. The van der Waals surface area contributed by atoms with E-state index in [0.717, 1.165) is 29.4 Å². The third-order valence-electron chi connectivity index (χ3n) is 4.40. The van der Waals surface area contributed by atoms with Gasteiger partial charge in [-0.1, -0.05) is 12.1 Å². The second kappa shape index (κ2) is 12.2. The van der Waals surface area contributed by atoms with Crippen molar-refractivity contribution in [2.75, 3.05) is 40.0 Å². The molecule has 3 N–H and O–H groups in total. The van der Waals surface area contributed by atoms with Crippen molar-refractivity contribution in [3.8, 4) is 5.75 Å². The summed E-state index contributed by atoms with van der Waals surface area (Å²) >= 11 is 1.40. The third kappa shape index (κ3) is 6.30. The highest BCUT2D eigenvalue weighted by atomic mass is 35.5. The first-order valence-corrected chi connectivity index (χ1v) is 9.47. The molecule has 156 valence electrons. The second-order valence-electron chi connectivity index (χ2n) is 5.98. The maximum atomic E-state index is 12.4. The van der Waals surface area contributed by atoms with Crippen LogP contribution in [0.2, 0.25) is 0 Å². The minimum atomic E-state index is -0.173. The zero-order chi connectivity index (χ0) is 18.4. The van der Waals surface area contributed by atoms with Crippen molar-refractivity contribution in [1.29, 1.82) is 0 Å². The number of nitrogens with one attached hydrogen (secondary N) is 1. The van der Waals surface area contributed by atoms with E-state index in [1.54, 1.807) is 12.5 Å². The lowest BCUT2D eigenvalue weighted by Gasteiger charge is -2.35. The number of methoxy groups -OCH3 is 1. The van der Waals surface area contributed by atoms with Crippen LogP contribution in [0.3, 0.4) is 0 Å². The highest BCUT2D eigenvalue weighted by molar-refractivity contribution is 7.09. The van der Waals surface area contributed by atoms with E-state index in [9.17, 15) is 4.79 Å². The topological polar surface area (TPSA) is 89.7 Å². The van der Waals surface area contributed by atoms with E-state index >= 15 is 0 Å². The highest BCUT2D eigenvalue weighted by Gasteiger charge is 2.24. The number of carbonyl (C=O) groups excluding carboxylic acids is 1. The molecule has 1 aromatic heterocycles. The fourth-order valence-electron chi connectivity index (χ4n) is 2.96. The number of halogens is 2. The van der Waals surface area contributed by atoms with Crippen LogP contribution in [0.4, 0.5) is 0 Å². The van der Waals surface area contributed by atoms with Crippen LogP contribution in [0, 0.1) is 0 Å². The van der Waals surface area contributed by atoms with E-state index in [0.29, 0.717) is 32.0 Å². The minimum Gasteiger partial charge on any atom is -0.497 e. The van der Waals surface area contributed by atoms with Gasteiger partial charge >= 0.3 is 0 Å². The van der Waals surface area contributed by atoms with Gasteiger partial charge in [0.15, 0.2) is 0 Å². The van der Waals surface area contributed by atoms with Crippen molar-refractivity contribution in [3.05, 3.63) is 45.9 Å². The van der Waals surface area contributed by atoms with Gasteiger partial charge in [-0.25, -0.2) is 4.98 Å². The molecule has 0 saturated carbocycles. The average molecular weight is 449 g/mol. The number of nitrogens with two attached hydrogens (primary N) is 1. The summed E-state index contributed by atoms with van der Waals surface area (Å²) in [5.41, 5.74) is 7.13. The molecular formula is C18H26Cl2N4O3S. The van der Waals surface area contributed by atoms with Crippen molar-refractivity contribution >= 4 is 42.1 Å². The van der Waals surface area contributed by atoms with Crippen molar-refractivity contribution in [2.24, 2.45) is 5.73 Å². The second-order valence-corrected chi connectivity index (χ2v) is 6.92. The van der Waals surface area contributed by atoms with E-state index in [2.05, 4.69) is 15.2 Å². The highest BCUT2D eigenvalue weighted by Crippen LogP contribution is 2.24. The van der Waals surface area contributed by atoms with Crippen LogP contribution in [0.5, 0.6) is 5.75 Å². The Morgan fingerprint density at radius 2 is 2.00 bits per heavy atom. The Morgan fingerprint density at radius 1 is 1.32 bits per heavy atom. The molecule has 2 aromatic rings. The first-order valence-electron chi connectivity index (χ1n) is 8.59. The Labute approximate surface area is 181 Å². The van der Waals surface area contributed by atoms with Crippen molar-refractivity contribution in [2.45, 2.75) is 12.6 Å². The van der Waals surface area contributed by atoms with Gasteiger partial charge in [0.25, 0.3) is 5.91 Å². The number of carbonyl (C=O) groups is 1. The summed E-state index contributed by atoms with van der Waals surface area (Å²) in [5, 5.41) is 5.52. The standard InChI is InChI=1S/C18H24N4O3S.2ClH/c1-24-14-4-2-13(3-5-14)16(22-6-8-25-9-7-22)11-20-18(23)15-12-26-17(10-19)21-15;;/h2-5,12,16H,6-11,19H2,1H3,(H,20,23);2*1H. The van der Waals surface area contributed by atoms with Crippen molar-refractivity contribution in [1.82, 2.24) is 15.2 Å². The number of benzene rings is 1. The molecule has 1 amide bonds. The van der Waals surface area contributed by atoms with Crippen LogP contribution in [0.25, 0.3) is 0 Å². The van der Waals surface area contributed by atoms with Crippen molar-refractivity contribution in [3.63, 3.8) is 0 Å². The number of aromatic nitrogens is 1. The summed E-state index contributed by atoms with van der Waals surface area (Å²) in [7, 11) is 1.65. The number of morpholine rings is 1. The summed E-state index contributed by atoms with van der Waals surface area (Å²) in [4.78, 5) is 19.0. The van der Waals surface area contributed by atoms with E-state index in [1.807, 2.05) is 24.3 Å². The van der Waals surface area contributed by atoms with Gasteiger partial charge in [0, 0.05) is 31.6 Å². The van der Waals surface area contributed by atoms with Gasteiger partial charge in [-0.15, -0.1) is 36.2 Å². The number of thiazole rings is 1. The molecular weight excluding hydrogens is 423 g/mol. The van der Waals surface area contributed by atoms with Gasteiger partial charge in [-0.3, -0.25) is 9.69 Å². The molecule has 1 aliphatic heterocycles. The molecule has 2 heterocycles. The Hall–Kier alpha value is -1.42. The summed E-state index contributed by atoms with van der Waals surface area (Å²) in [5.74, 6) is 0.642. The Morgan fingerprint density at radius 3 is 2.57 bits per heavy atom. The van der Waals surface area contributed by atoms with Crippen LogP contribution >= 0.6 is 36.2 Å². The fourth-order valence-corrected chi connectivity index (χ4v) is 3.62. The third-order valence-corrected chi connectivity index (χ3v) is 5.27. The number of hydrogen-bond donors (Lipinski definition) is 2. The van der Waals surface area contributed by atoms with Gasteiger partial charge in [0.2, 0.25) is 0 Å². The predicted molar refractivity (Wildman–Crippen MR) is 115 cm³/mol. The molecule has 1 unspecified atom stereocenters. The molecule has 1 aromatic carbocycles. The molecule has 0 spiro atoms. The molecule has 28 heavy (non-hydrogen) atoms. The number of ether oxygens (including phenoxy) is 2. The number of amides is 1. The minimum absolute atomic E-state index is 0. The van der Waals surface area contributed by atoms with Gasteiger partial charge < -0.3 is 20.5 Å². The summed E-state index contributed by atoms with van der Waals surface area (Å²) < 4.78 is 10.7. The molecule has 1 atom stereocenters. The average Bonchev–Trinajstić information content (AvgIpc) is 3.19. The molecule has 10 heteroatoms. The number of rotatable bonds is 7. The fraction of sp³-hybridized carbons (Fsp3) is 0.444. The molecule has 1 aliphatic rings. The van der Waals surface area contributed by atoms with Gasteiger partial charge in [0.1, 0.15) is 16.5 Å². The van der Waals surface area contributed by atoms with Crippen LogP contribution in [0.1, 0.15) is 27.1 Å². The van der Waals surface area contributed by atoms with Gasteiger partial charge in [-0.05, 0) is 17.7 Å². The SMILES string of the molecule is COc1ccc(C(CNC(=O)c2csc(CN)n2)N2CCOCC2)cc1.Cl.Cl. The van der Waals surface area contributed by atoms with E-state index < -0.39 is 0 Å². The first-order chi connectivity index (χ1) is 12.7. The number of hydrogen-bond acceptors (Lipinski definition) is 7. The van der Waals surface area contributed by atoms with Crippen molar-refractivity contribution < 1.29 is 14.3 Å². The largest absolute Gasteiger partial charge is 0.497 e. The molecule has 0 aliphatic carbocycles. The Balaban J connectivity index is 0.00000196. The smallest absolute Gasteiger partial charge is 0.270 e. The van der Waals surface area contributed by atoms with E-state index in [-0.39, 0.29) is 36.8 Å². The van der Waals surface area contributed by atoms with Crippen LogP contribution in [-0.4, -0.2) is 55.7 Å². The van der Waals surface area contributed by atoms with Crippen LogP contribution in [0.15, 0.2) is 29.6 Å². The van der Waals surface area contributed by atoms with E-state index in [4.69, 9.17) is 15.2 Å². The maximum Gasteiger partial charge on any atom is 0.270 e. The van der Waals surface area contributed by atoms with Crippen LogP contribution < -0.4 is 15.8 Å². The van der Waals surface area contributed by atoms with Gasteiger partial charge in [-0.2, -0.15) is 0 Å². The summed E-state index contributed by atoms with van der Waals surface area (Å²) in [6.45, 7) is 3.92. The maximum absolute atomic E-state index is 12.4. The molecule has 1 saturated heterocycles. The molecule has 3 rings (SSSR count). The number of nitrogens with zero attached hydrogens (tertiary/aromatic N) is 2. The quantitative estimate of drug-likeness (QED) is 0.674. The summed E-state index contributed by atoms with van der Waals surface area (Å²) in [6.07, 6.45) is 0. The zero-order valence-corrected chi connectivity index (χ0v) is 18.1. The van der Waals surface area contributed by atoms with E-state index in [1.165, 1.54) is 11.3 Å². The van der Waals surface area contributed by atoms with Gasteiger partial charge in [0.05, 0.1) is 26.4 Å². The summed E-state index contributed by atoms with van der Waals surface area (Å²) in [6, 6.07) is 8.04.